The van der Waals surface area contributed by atoms with E-state index in [4.69, 9.17) is 9.47 Å². The fraction of sp³-hybridized carbons (Fsp3) is 0.650. The van der Waals surface area contributed by atoms with Crippen molar-refractivity contribution in [2.45, 2.75) is 31.7 Å². The summed E-state index contributed by atoms with van der Waals surface area (Å²) < 4.78 is 10.6. The summed E-state index contributed by atoms with van der Waals surface area (Å²) in [5, 5.41) is 0. The van der Waals surface area contributed by atoms with E-state index < -0.39 is 0 Å². The van der Waals surface area contributed by atoms with Gasteiger partial charge in [-0.25, -0.2) is 0 Å². The van der Waals surface area contributed by atoms with Crippen LogP contribution in [0.1, 0.15) is 36.0 Å². The Balaban J connectivity index is 1.39. The number of benzene rings is 1. The summed E-state index contributed by atoms with van der Waals surface area (Å²) in [4.78, 5) is 17.5. The minimum atomic E-state index is 0.0739. The Hall–Kier alpha value is -1.75. The lowest BCUT2D eigenvalue weighted by Gasteiger charge is -2.41. The van der Waals surface area contributed by atoms with Gasteiger partial charge in [0.05, 0.1) is 14.2 Å². The molecule has 3 aliphatic rings. The molecule has 1 heterocycles. The summed E-state index contributed by atoms with van der Waals surface area (Å²) in [5.41, 5.74) is 0.643. The van der Waals surface area contributed by atoms with E-state index in [1.54, 1.807) is 32.4 Å². The second-order valence-corrected chi connectivity index (χ2v) is 7.67. The largest absolute Gasteiger partial charge is 0.497 e. The molecule has 2 saturated carbocycles. The number of hydrogen-bond acceptors (Lipinski definition) is 4. The molecule has 1 amide bonds. The SMILES string of the molecule is COc1cc(OC)cc(C(=O)N2CCN([C@@H]3C[C@@H]4CC[C@@H]3C4)CC2)c1. The first-order valence-corrected chi connectivity index (χ1v) is 9.44. The minimum absolute atomic E-state index is 0.0739. The molecule has 1 aliphatic heterocycles. The molecule has 1 aromatic carbocycles. The lowest BCUT2D eigenvalue weighted by molar-refractivity contribution is 0.0495. The summed E-state index contributed by atoms with van der Waals surface area (Å²) >= 11 is 0. The number of rotatable bonds is 4. The highest BCUT2D eigenvalue weighted by Gasteiger charge is 2.42. The first-order chi connectivity index (χ1) is 12.2. The van der Waals surface area contributed by atoms with Crippen molar-refractivity contribution >= 4 is 5.91 Å². The topological polar surface area (TPSA) is 42.0 Å². The molecule has 0 N–H and O–H groups in total. The highest BCUT2D eigenvalue weighted by Crippen LogP contribution is 2.46. The van der Waals surface area contributed by atoms with Crippen LogP contribution < -0.4 is 9.47 Å². The van der Waals surface area contributed by atoms with Crippen molar-refractivity contribution in [3.05, 3.63) is 23.8 Å². The number of hydrogen-bond donors (Lipinski definition) is 0. The maximum Gasteiger partial charge on any atom is 0.254 e. The van der Waals surface area contributed by atoms with E-state index in [-0.39, 0.29) is 5.91 Å². The van der Waals surface area contributed by atoms with E-state index in [2.05, 4.69) is 4.90 Å². The lowest BCUT2D eigenvalue weighted by atomic mass is 9.93. The van der Waals surface area contributed by atoms with E-state index in [1.165, 1.54) is 25.7 Å². The molecule has 1 aromatic rings. The van der Waals surface area contributed by atoms with Gasteiger partial charge in [0.1, 0.15) is 11.5 Å². The van der Waals surface area contributed by atoms with Crippen molar-refractivity contribution in [1.29, 1.82) is 0 Å². The monoisotopic (exact) mass is 344 g/mol. The van der Waals surface area contributed by atoms with Gasteiger partial charge >= 0.3 is 0 Å². The van der Waals surface area contributed by atoms with Crippen molar-refractivity contribution in [3.8, 4) is 11.5 Å². The molecule has 5 heteroatoms. The molecule has 0 aromatic heterocycles. The number of amides is 1. The molecule has 2 aliphatic carbocycles. The number of carbonyl (C=O) groups is 1. The average Bonchev–Trinajstić information content (AvgIpc) is 3.30. The average molecular weight is 344 g/mol. The molecule has 1 saturated heterocycles. The van der Waals surface area contributed by atoms with E-state index >= 15 is 0 Å². The Labute approximate surface area is 149 Å². The van der Waals surface area contributed by atoms with E-state index in [1.807, 2.05) is 4.90 Å². The van der Waals surface area contributed by atoms with Gasteiger partial charge in [-0.1, -0.05) is 6.42 Å². The number of fused-ring (bicyclic) bond motifs is 2. The van der Waals surface area contributed by atoms with Crippen molar-refractivity contribution in [3.63, 3.8) is 0 Å². The number of nitrogens with zero attached hydrogens (tertiary/aromatic N) is 2. The first-order valence-electron chi connectivity index (χ1n) is 9.44. The van der Waals surface area contributed by atoms with Crippen molar-refractivity contribution in [2.75, 3.05) is 40.4 Å². The molecule has 3 fully saturated rings. The summed E-state index contributed by atoms with van der Waals surface area (Å²) in [7, 11) is 3.22. The Bertz CT molecular complexity index is 618. The number of carbonyl (C=O) groups excluding carboxylic acids is 1. The Morgan fingerprint density at radius 2 is 1.64 bits per heavy atom. The van der Waals surface area contributed by atoms with Gasteiger partial charge in [-0.3, -0.25) is 9.69 Å². The summed E-state index contributed by atoms with van der Waals surface area (Å²) in [6.45, 7) is 3.62. The summed E-state index contributed by atoms with van der Waals surface area (Å²) in [6, 6.07) is 6.16. The quantitative estimate of drug-likeness (QED) is 0.842. The molecule has 136 valence electrons. The second kappa shape index (κ2) is 6.87. The highest BCUT2D eigenvalue weighted by atomic mass is 16.5. The maximum atomic E-state index is 12.9. The van der Waals surface area contributed by atoms with Crippen molar-refractivity contribution in [1.82, 2.24) is 9.80 Å². The van der Waals surface area contributed by atoms with E-state index in [9.17, 15) is 4.79 Å². The zero-order valence-corrected chi connectivity index (χ0v) is 15.2. The second-order valence-electron chi connectivity index (χ2n) is 7.67. The van der Waals surface area contributed by atoms with Crippen LogP contribution in [0.25, 0.3) is 0 Å². The fourth-order valence-electron chi connectivity index (χ4n) is 5.03. The van der Waals surface area contributed by atoms with Crippen LogP contribution in [0.5, 0.6) is 11.5 Å². The normalized spacial score (nSPS) is 29.0. The van der Waals surface area contributed by atoms with Crippen LogP contribution in [0.15, 0.2) is 18.2 Å². The van der Waals surface area contributed by atoms with Gasteiger partial charge in [-0.15, -0.1) is 0 Å². The molecule has 5 nitrogen and oxygen atoms in total. The van der Waals surface area contributed by atoms with Gasteiger partial charge in [0.15, 0.2) is 0 Å². The molecule has 0 unspecified atom stereocenters. The zero-order chi connectivity index (χ0) is 17.4. The van der Waals surface area contributed by atoms with Crippen LogP contribution in [-0.2, 0) is 0 Å². The van der Waals surface area contributed by atoms with Gasteiger partial charge in [0, 0.05) is 43.9 Å². The predicted octanol–water partition coefficient (Wildman–Crippen LogP) is 2.65. The van der Waals surface area contributed by atoms with Crippen molar-refractivity contribution in [2.24, 2.45) is 11.8 Å². The Kier molecular flexibility index (Phi) is 4.59. The molecular weight excluding hydrogens is 316 g/mol. The Morgan fingerprint density at radius 3 is 2.16 bits per heavy atom. The van der Waals surface area contributed by atoms with E-state index in [0.29, 0.717) is 17.1 Å². The third-order valence-electron chi connectivity index (χ3n) is 6.37. The van der Waals surface area contributed by atoms with E-state index in [0.717, 1.165) is 44.1 Å². The molecular formula is C20H28N2O3. The molecule has 0 radical (unpaired) electrons. The summed E-state index contributed by atoms with van der Waals surface area (Å²) in [5.74, 6) is 3.27. The number of ether oxygens (including phenoxy) is 2. The van der Waals surface area contributed by atoms with Crippen LogP contribution in [-0.4, -0.2) is 62.1 Å². The minimum Gasteiger partial charge on any atom is -0.497 e. The molecule has 0 spiro atoms. The smallest absolute Gasteiger partial charge is 0.254 e. The molecule has 2 bridgehead atoms. The van der Waals surface area contributed by atoms with Crippen LogP contribution in [0, 0.1) is 11.8 Å². The standard InChI is InChI=1S/C20H28N2O3/c1-24-17-11-16(12-18(13-17)25-2)20(23)22-7-5-21(6-8-22)19-10-14-3-4-15(19)9-14/h11-15,19H,3-10H2,1-2H3/t14-,15-,19-/m1/s1. The molecule has 3 atom stereocenters. The van der Waals surface area contributed by atoms with Crippen LogP contribution in [0.2, 0.25) is 0 Å². The van der Waals surface area contributed by atoms with Gasteiger partial charge in [-0.2, -0.15) is 0 Å². The Morgan fingerprint density at radius 1 is 0.960 bits per heavy atom. The fourth-order valence-corrected chi connectivity index (χ4v) is 5.03. The molecule has 25 heavy (non-hydrogen) atoms. The number of piperazine rings is 1. The van der Waals surface area contributed by atoms with Gasteiger partial charge in [0.2, 0.25) is 0 Å². The highest BCUT2D eigenvalue weighted by molar-refractivity contribution is 5.95. The number of methoxy groups -OCH3 is 2. The molecule has 4 rings (SSSR count). The van der Waals surface area contributed by atoms with Crippen molar-refractivity contribution < 1.29 is 14.3 Å². The van der Waals surface area contributed by atoms with Crippen LogP contribution in [0.4, 0.5) is 0 Å². The van der Waals surface area contributed by atoms with Gasteiger partial charge < -0.3 is 14.4 Å². The predicted molar refractivity (Wildman–Crippen MR) is 96.3 cm³/mol. The van der Waals surface area contributed by atoms with Crippen LogP contribution >= 0.6 is 0 Å². The maximum absolute atomic E-state index is 12.9. The van der Waals surface area contributed by atoms with Gasteiger partial charge in [0.25, 0.3) is 5.91 Å². The lowest BCUT2D eigenvalue weighted by Crippen LogP contribution is -2.53. The van der Waals surface area contributed by atoms with Crippen LogP contribution in [0.3, 0.4) is 0 Å². The summed E-state index contributed by atoms with van der Waals surface area (Å²) in [6.07, 6.45) is 5.68. The van der Waals surface area contributed by atoms with Gasteiger partial charge in [-0.05, 0) is 43.2 Å². The first kappa shape index (κ1) is 16.7. The third kappa shape index (κ3) is 3.22. The third-order valence-corrected chi connectivity index (χ3v) is 6.37. The zero-order valence-electron chi connectivity index (χ0n) is 15.2.